The van der Waals surface area contributed by atoms with Crippen LogP contribution in [0.2, 0.25) is 0 Å². The fourth-order valence-corrected chi connectivity index (χ4v) is 4.64. The highest BCUT2D eigenvalue weighted by atomic mass is 32.2. The Morgan fingerprint density at radius 3 is 2.16 bits per heavy atom. The molecule has 0 aliphatic carbocycles. The SMILES string of the molecule is Cc1cc(N2CCCCC2)nc(Nc2ccc(NS(=O)(=O)c3cc(F)cc(F)c3)cc2)n1. The van der Waals surface area contributed by atoms with Gasteiger partial charge in [0.15, 0.2) is 0 Å². The van der Waals surface area contributed by atoms with E-state index < -0.39 is 26.6 Å². The lowest BCUT2D eigenvalue weighted by Gasteiger charge is -2.28. The number of halogens is 2. The summed E-state index contributed by atoms with van der Waals surface area (Å²) in [5, 5.41) is 3.14. The van der Waals surface area contributed by atoms with Crippen LogP contribution in [-0.4, -0.2) is 31.5 Å². The van der Waals surface area contributed by atoms with Crippen LogP contribution in [0, 0.1) is 18.6 Å². The number of anilines is 4. The molecule has 1 aliphatic rings. The van der Waals surface area contributed by atoms with Crippen molar-refractivity contribution in [1.29, 1.82) is 0 Å². The van der Waals surface area contributed by atoms with Crippen molar-refractivity contribution in [2.24, 2.45) is 0 Å². The third-order valence-corrected chi connectivity index (χ3v) is 6.42. The molecule has 32 heavy (non-hydrogen) atoms. The Labute approximate surface area is 185 Å². The number of piperidine rings is 1. The summed E-state index contributed by atoms with van der Waals surface area (Å²) >= 11 is 0. The van der Waals surface area contributed by atoms with Gasteiger partial charge in [0.25, 0.3) is 10.0 Å². The van der Waals surface area contributed by atoms with Crippen LogP contribution in [0.15, 0.2) is 53.4 Å². The average Bonchev–Trinajstić information content (AvgIpc) is 2.74. The van der Waals surface area contributed by atoms with Gasteiger partial charge in [0.05, 0.1) is 4.90 Å². The van der Waals surface area contributed by atoms with E-state index >= 15 is 0 Å². The molecule has 2 aromatic carbocycles. The van der Waals surface area contributed by atoms with E-state index in [2.05, 4.69) is 24.9 Å². The highest BCUT2D eigenvalue weighted by Crippen LogP contribution is 2.23. The second kappa shape index (κ2) is 9.07. The molecule has 0 amide bonds. The Morgan fingerprint density at radius 2 is 1.50 bits per heavy atom. The molecule has 7 nitrogen and oxygen atoms in total. The second-order valence-corrected chi connectivity index (χ2v) is 9.33. The third kappa shape index (κ3) is 5.31. The number of hydrogen-bond acceptors (Lipinski definition) is 6. The number of hydrogen-bond donors (Lipinski definition) is 2. The monoisotopic (exact) mass is 459 g/mol. The molecular weight excluding hydrogens is 436 g/mol. The van der Waals surface area contributed by atoms with E-state index in [1.807, 2.05) is 13.0 Å². The quantitative estimate of drug-likeness (QED) is 0.560. The normalized spacial score (nSPS) is 14.3. The maximum Gasteiger partial charge on any atom is 0.262 e. The summed E-state index contributed by atoms with van der Waals surface area (Å²) in [5.41, 5.74) is 1.76. The van der Waals surface area contributed by atoms with Crippen molar-refractivity contribution >= 4 is 33.2 Å². The summed E-state index contributed by atoms with van der Waals surface area (Å²) in [6.07, 6.45) is 3.52. The van der Waals surface area contributed by atoms with Crippen LogP contribution in [-0.2, 0) is 10.0 Å². The highest BCUT2D eigenvalue weighted by molar-refractivity contribution is 7.92. The summed E-state index contributed by atoms with van der Waals surface area (Å²) in [6.45, 7) is 3.85. The Morgan fingerprint density at radius 1 is 0.875 bits per heavy atom. The zero-order valence-electron chi connectivity index (χ0n) is 17.5. The van der Waals surface area contributed by atoms with Crippen LogP contribution in [0.3, 0.4) is 0 Å². The zero-order chi connectivity index (χ0) is 22.7. The van der Waals surface area contributed by atoms with Crippen LogP contribution >= 0.6 is 0 Å². The van der Waals surface area contributed by atoms with Gasteiger partial charge in [0.1, 0.15) is 17.5 Å². The van der Waals surface area contributed by atoms with E-state index in [0.29, 0.717) is 17.7 Å². The van der Waals surface area contributed by atoms with Gasteiger partial charge in [-0.2, -0.15) is 4.98 Å². The van der Waals surface area contributed by atoms with Crippen molar-refractivity contribution in [3.63, 3.8) is 0 Å². The molecule has 3 aromatic rings. The van der Waals surface area contributed by atoms with Gasteiger partial charge in [0, 0.05) is 42.3 Å². The lowest BCUT2D eigenvalue weighted by Crippen LogP contribution is -2.30. The molecule has 0 saturated carbocycles. The lowest BCUT2D eigenvalue weighted by molar-refractivity contribution is 0.568. The van der Waals surface area contributed by atoms with E-state index in [9.17, 15) is 17.2 Å². The number of aryl methyl sites for hydroxylation is 1. The van der Waals surface area contributed by atoms with Crippen molar-refractivity contribution in [2.75, 3.05) is 28.0 Å². The van der Waals surface area contributed by atoms with Crippen LogP contribution < -0.4 is 14.9 Å². The van der Waals surface area contributed by atoms with Crippen molar-refractivity contribution < 1.29 is 17.2 Å². The van der Waals surface area contributed by atoms with Crippen molar-refractivity contribution in [2.45, 2.75) is 31.1 Å². The molecule has 1 fully saturated rings. The average molecular weight is 460 g/mol. The van der Waals surface area contributed by atoms with Gasteiger partial charge in [0.2, 0.25) is 5.95 Å². The van der Waals surface area contributed by atoms with Gasteiger partial charge in [-0.15, -0.1) is 0 Å². The second-order valence-electron chi connectivity index (χ2n) is 7.65. The fraction of sp³-hybridized carbons (Fsp3) is 0.273. The van der Waals surface area contributed by atoms with Crippen molar-refractivity contribution in [1.82, 2.24) is 9.97 Å². The minimum Gasteiger partial charge on any atom is -0.356 e. The number of aromatic nitrogens is 2. The topological polar surface area (TPSA) is 87.2 Å². The number of sulfonamides is 1. The molecule has 1 aliphatic heterocycles. The molecule has 2 heterocycles. The van der Waals surface area contributed by atoms with Gasteiger partial charge in [-0.25, -0.2) is 22.2 Å². The van der Waals surface area contributed by atoms with Crippen LogP contribution in [0.4, 0.5) is 31.9 Å². The molecule has 168 valence electrons. The summed E-state index contributed by atoms with van der Waals surface area (Å²) in [5.74, 6) is -0.598. The first-order valence-electron chi connectivity index (χ1n) is 10.3. The van der Waals surface area contributed by atoms with E-state index in [4.69, 9.17) is 0 Å². The Kier molecular flexibility index (Phi) is 6.22. The third-order valence-electron chi connectivity index (χ3n) is 5.06. The predicted octanol–water partition coefficient (Wildman–Crippen LogP) is 4.60. The fourth-order valence-electron chi connectivity index (χ4n) is 3.54. The molecule has 0 radical (unpaired) electrons. The minimum absolute atomic E-state index is 0.249. The molecule has 0 atom stereocenters. The van der Waals surface area contributed by atoms with E-state index in [-0.39, 0.29) is 5.69 Å². The zero-order valence-corrected chi connectivity index (χ0v) is 18.3. The molecule has 4 rings (SSSR count). The first-order valence-corrected chi connectivity index (χ1v) is 11.7. The summed E-state index contributed by atoms with van der Waals surface area (Å²) < 4.78 is 53.9. The van der Waals surface area contributed by atoms with Gasteiger partial charge in [-0.05, 0) is 62.6 Å². The van der Waals surface area contributed by atoms with E-state index in [1.165, 1.54) is 18.6 Å². The Hall–Kier alpha value is -3.27. The van der Waals surface area contributed by atoms with Gasteiger partial charge < -0.3 is 10.2 Å². The number of nitrogens with zero attached hydrogens (tertiary/aromatic N) is 3. The van der Waals surface area contributed by atoms with Crippen LogP contribution in [0.5, 0.6) is 0 Å². The molecule has 1 saturated heterocycles. The molecular formula is C22H23F2N5O2S. The number of benzene rings is 2. The van der Waals surface area contributed by atoms with Gasteiger partial charge >= 0.3 is 0 Å². The first kappa shape index (κ1) is 21.9. The standard InChI is InChI=1S/C22H23F2N5O2S/c1-15-11-21(29-9-3-2-4-10-29)27-22(25-15)26-18-5-7-19(8-6-18)28-32(30,31)20-13-16(23)12-17(24)14-20/h5-8,11-14,28H,2-4,9-10H2,1H3,(H,25,26,27). The van der Waals surface area contributed by atoms with Crippen LogP contribution in [0.1, 0.15) is 25.0 Å². The van der Waals surface area contributed by atoms with Crippen molar-refractivity contribution in [3.8, 4) is 0 Å². The highest BCUT2D eigenvalue weighted by Gasteiger charge is 2.17. The first-order chi connectivity index (χ1) is 15.3. The largest absolute Gasteiger partial charge is 0.356 e. The smallest absolute Gasteiger partial charge is 0.262 e. The van der Waals surface area contributed by atoms with Crippen molar-refractivity contribution in [3.05, 3.63) is 65.9 Å². The van der Waals surface area contributed by atoms with Crippen LogP contribution in [0.25, 0.3) is 0 Å². The van der Waals surface area contributed by atoms with E-state index in [1.54, 1.807) is 12.1 Å². The molecule has 1 aromatic heterocycles. The molecule has 0 bridgehead atoms. The predicted molar refractivity (Wildman–Crippen MR) is 120 cm³/mol. The Balaban J connectivity index is 1.48. The molecule has 0 unspecified atom stereocenters. The number of rotatable bonds is 6. The lowest BCUT2D eigenvalue weighted by atomic mass is 10.1. The minimum atomic E-state index is -4.13. The van der Waals surface area contributed by atoms with E-state index in [0.717, 1.165) is 49.6 Å². The maximum atomic E-state index is 13.4. The Bertz CT molecular complexity index is 1190. The maximum absolute atomic E-state index is 13.4. The summed E-state index contributed by atoms with van der Waals surface area (Å²) in [6, 6.07) is 10.5. The molecule has 2 N–H and O–H groups in total. The summed E-state index contributed by atoms with van der Waals surface area (Å²) in [7, 11) is -4.13. The molecule has 0 spiro atoms. The number of nitrogens with one attached hydrogen (secondary N) is 2. The molecule has 10 heteroatoms. The van der Waals surface area contributed by atoms with Gasteiger partial charge in [-0.1, -0.05) is 0 Å². The van der Waals surface area contributed by atoms with Gasteiger partial charge in [-0.3, -0.25) is 4.72 Å². The summed E-state index contributed by atoms with van der Waals surface area (Å²) in [4.78, 5) is 10.8.